The average molecular weight is 352 g/mol. The standard InChI is InChI=1S/C17H15Cl2NO3/c18-13-5-1-11(2-6-13)15(9-16(21)20-10-17(22)23)12-3-7-14(19)8-4-12/h1-8,15H,9-10H2,(H,20,21)(H,22,23). The van der Waals surface area contributed by atoms with E-state index in [1.807, 2.05) is 24.3 Å². The molecule has 0 saturated heterocycles. The molecule has 23 heavy (non-hydrogen) atoms. The van der Waals surface area contributed by atoms with Gasteiger partial charge in [0, 0.05) is 22.4 Å². The molecule has 2 aromatic carbocycles. The van der Waals surface area contributed by atoms with Gasteiger partial charge in [-0.1, -0.05) is 47.5 Å². The minimum atomic E-state index is -1.08. The van der Waals surface area contributed by atoms with E-state index in [9.17, 15) is 9.59 Å². The molecule has 0 heterocycles. The molecule has 0 radical (unpaired) electrons. The van der Waals surface area contributed by atoms with Gasteiger partial charge in [0.2, 0.25) is 5.91 Å². The molecular weight excluding hydrogens is 337 g/mol. The SMILES string of the molecule is O=C(O)CNC(=O)CC(c1ccc(Cl)cc1)c1ccc(Cl)cc1. The molecule has 0 aliphatic carbocycles. The lowest BCUT2D eigenvalue weighted by atomic mass is 9.88. The zero-order valence-corrected chi connectivity index (χ0v) is 13.6. The number of hydrogen-bond acceptors (Lipinski definition) is 2. The Hall–Kier alpha value is -2.04. The van der Waals surface area contributed by atoms with Crippen molar-refractivity contribution in [2.24, 2.45) is 0 Å². The summed E-state index contributed by atoms with van der Waals surface area (Å²) in [6.45, 7) is -0.396. The minimum Gasteiger partial charge on any atom is -0.480 e. The fraction of sp³-hybridized carbons (Fsp3) is 0.176. The van der Waals surface area contributed by atoms with Crippen LogP contribution >= 0.6 is 23.2 Å². The fourth-order valence-corrected chi connectivity index (χ4v) is 2.50. The van der Waals surface area contributed by atoms with Gasteiger partial charge < -0.3 is 10.4 Å². The summed E-state index contributed by atoms with van der Waals surface area (Å²) in [5, 5.41) is 12.3. The van der Waals surface area contributed by atoms with E-state index in [1.165, 1.54) is 0 Å². The van der Waals surface area contributed by atoms with Gasteiger partial charge in [-0.2, -0.15) is 0 Å². The van der Waals surface area contributed by atoms with Gasteiger partial charge in [-0.3, -0.25) is 9.59 Å². The Bertz CT molecular complexity index is 638. The van der Waals surface area contributed by atoms with E-state index in [0.29, 0.717) is 10.0 Å². The first kappa shape index (κ1) is 17.3. The molecular formula is C17H15Cl2NO3. The lowest BCUT2D eigenvalue weighted by Gasteiger charge is -2.18. The van der Waals surface area contributed by atoms with Crippen molar-refractivity contribution in [2.75, 3.05) is 6.54 Å². The summed E-state index contributed by atoms with van der Waals surface area (Å²) >= 11 is 11.8. The van der Waals surface area contributed by atoms with Crippen LogP contribution in [-0.4, -0.2) is 23.5 Å². The van der Waals surface area contributed by atoms with E-state index in [-0.39, 0.29) is 18.2 Å². The molecule has 0 bridgehead atoms. The normalized spacial score (nSPS) is 10.6. The van der Waals surface area contributed by atoms with Crippen LogP contribution in [0.4, 0.5) is 0 Å². The number of amides is 1. The van der Waals surface area contributed by atoms with E-state index in [2.05, 4.69) is 5.32 Å². The number of carbonyl (C=O) groups is 2. The van der Waals surface area contributed by atoms with Crippen molar-refractivity contribution in [1.29, 1.82) is 0 Å². The number of hydrogen-bond donors (Lipinski definition) is 2. The van der Waals surface area contributed by atoms with Crippen LogP contribution in [-0.2, 0) is 9.59 Å². The van der Waals surface area contributed by atoms with Gasteiger partial charge in [-0.05, 0) is 35.4 Å². The van der Waals surface area contributed by atoms with Crippen molar-refractivity contribution >= 4 is 35.1 Å². The Balaban J connectivity index is 2.24. The van der Waals surface area contributed by atoms with Gasteiger partial charge in [0.15, 0.2) is 0 Å². The Kier molecular flexibility index (Phi) is 6.02. The summed E-state index contributed by atoms with van der Waals surface area (Å²) in [5.74, 6) is -1.62. The largest absolute Gasteiger partial charge is 0.480 e. The molecule has 0 spiro atoms. The van der Waals surface area contributed by atoms with Gasteiger partial charge in [0.05, 0.1) is 0 Å². The predicted molar refractivity (Wildman–Crippen MR) is 90.0 cm³/mol. The Labute approximate surface area is 144 Å². The summed E-state index contributed by atoms with van der Waals surface area (Å²) in [6, 6.07) is 14.4. The molecule has 2 N–H and O–H groups in total. The third-order valence-corrected chi connectivity index (χ3v) is 3.88. The summed E-state index contributed by atoms with van der Waals surface area (Å²) in [7, 11) is 0. The van der Waals surface area contributed by atoms with E-state index >= 15 is 0 Å². The van der Waals surface area contributed by atoms with Gasteiger partial charge >= 0.3 is 5.97 Å². The monoisotopic (exact) mass is 351 g/mol. The highest BCUT2D eigenvalue weighted by molar-refractivity contribution is 6.30. The van der Waals surface area contributed by atoms with Crippen molar-refractivity contribution in [3.05, 3.63) is 69.7 Å². The second kappa shape index (κ2) is 7.99. The number of carboxylic acids is 1. The van der Waals surface area contributed by atoms with Gasteiger partial charge in [0.25, 0.3) is 0 Å². The second-order valence-corrected chi connectivity index (χ2v) is 5.90. The molecule has 120 valence electrons. The van der Waals surface area contributed by atoms with Crippen LogP contribution in [0.25, 0.3) is 0 Å². The zero-order chi connectivity index (χ0) is 16.8. The van der Waals surface area contributed by atoms with Crippen LogP contribution in [0.5, 0.6) is 0 Å². The molecule has 2 aromatic rings. The van der Waals surface area contributed by atoms with Crippen molar-refractivity contribution in [1.82, 2.24) is 5.32 Å². The molecule has 1 amide bonds. The number of halogens is 2. The first-order chi connectivity index (χ1) is 11.0. The number of aliphatic carboxylic acids is 1. The van der Waals surface area contributed by atoms with Crippen molar-refractivity contribution in [3.63, 3.8) is 0 Å². The van der Waals surface area contributed by atoms with Crippen LogP contribution in [0.2, 0.25) is 10.0 Å². The highest BCUT2D eigenvalue weighted by Gasteiger charge is 2.18. The first-order valence-corrected chi connectivity index (χ1v) is 7.70. The van der Waals surface area contributed by atoms with Crippen LogP contribution in [0.3, 0.4) is 0 Å². The van der Waals surface area contributed by atoms with Crippen molar-refractivity contribution in [2.45, 2.75) is 12.3 Å². The number of nitrogens with one attached hydrogen (secondary N) is 1. The summed E-state index contributed by atoms with van der Waals surface area (Å²) in [5.41, 5.74) is 1.84. The van der Waals surface area contributed by atoms with E-state index in [4.69, 9.17) is 28.3 Å². The van der Waals surface area contributed by atoms with E-state index in [0.717, 1.165) is 11.1 Å². The van der Waals surface area contributed by atoms with Gasteiger partial charge in [-0.15, -0.1) is 0 Å². The van der Waals surface area contributed by atoms with E-state index in [1.54, 1.807) is 24.3 Å². The van der Waals surface area contributed by atoms with Gasteiger partial charge in [-0.25, -0.2) is 0 Å². The quantitative estimate of drug-likeness (QED) is 0.833. The summed E-state index contributed by atoms with van der Waals surface area (Å²) in [6.07, 6.45) is 0.135. The molecule has 6 heteroatoms. The van der Waals surface area contributed by atoms with Crippen LogP contribution in [0, 0.1) is 0 Å². The Morgan fingerprint density at radius 1 is 0.913 bits per heavy atom. The third-order valence-electron chi connectivity index (χ3n) is 3.37. The molecule has 0 aromatic heterocycles. The minimum absolute atomic E-state index is 0.135. The molecule has 0 saturated carbocycles. The van der Waals surface area contributed by atoms with Crippen LogP contribution in [0.1, 0.15) is 23.5 Å². The first-order valence-electron chi connectivity index (χ1n) is 6.95. The van der Waals surface area contributed by atoms with Crippen molar-refractivity contribution < 1.29 is 14.7 Å². The molecule has 0 aliphatic rings. The number of benzene rings is 2. The lowest BCUT2D eigenvalue weighted by molar-refractivity contribution is -0.137. The molecule has 0 aliphatic heterocycles. The number of carbonyl (C=O) groups excluding carboxylic acids is 1. The van der Waals surface area contributed by atoms with Crippen LogP contribution in [0.15, 0.2) is 48.5 Å². The summed E-state index contributed by atoms with van der Waals surface area (Å²) in [4.78, 5) is 22.6. The van der Waals surface area contributed by atoms with Gasteiger partial charge in [0.1, 0.15) is 6.54 Å². The average Bonchev–Trinajstić information content (AvgIpc) is 2.52. The maximum atomic E-state index is 12.0. The van der Waals surface area contributed by atoms with Crippen LogP contribution < -0.4 is 5.32 Å². The predicted octanol–water partition coefficient (Wildman–Crippen LogP) is 3.72. The lowest BCUT2D eigenvalue weighted by Crippen LogP contribution is -2.30. The number of carboxylic acid groups (broad SMARTS) is 1. The Morgan fingerprint density at radius 2 is 1.35 bits per heavy atom. The molecule has 0 atom stereocenters. The fourth-order valence-electron chi connectivity index (χ4n) is 2.25. The summed E-state index contributed by atoms with van der Waals surface area (Å²) < 4.78 is 0. The molecule has 4 nitrogen and oxygen atoms in total. The molecule has 0 fully saturated rings. The maximum absolute atomic E-state index is 12.0. The molecule has 2 rings (SSSR count). The maximum Gasteiger partial charge on any atom is 0.322 e. The topological polar surface area (TPSA) is 66.4 Å². The number of rotatable bonds is 6. The third kappa shape index (κ3) is 5.27. The zero-order valence-electron chi connectivity index (χ0n) is 12.1. The molecule has 0 unspecified atom stereocenters. The van der Waals surface area contributed by atoms with E-state index < -0.39 is 12.5 Å². The van der Waals surface area contributed by atoms with Crippen molar-refractivity contribution in [3.8, 4) is 0 Å². The highest BCUT2D eigenvalue weighted by atomic mass is 35.5. The second-order valence-electron chi connectivity index (χ2n) is 5.03. The highest BCUT2D eigenvalue weighted by Crippen LogP contribution is 2.29. The smallest absolute Gasteiger partial charge is 0.322 e. The Morgan fingerprint density at radius 3 is 1.74 bits per heavy atom.